The Kier molecular flexibility index (Phi) is 4.01. The number of thiophene rings is 1. The fourth-order valence-electron chi connectivity index (χ4n) is 2.28. The average Bonchev–Trinajstić information content (AvgIpc) is 3.14. The number of rotatable bonds is 5. The van der Waals surface area contributed by atoms with Crippen molar-refractivity contribution in [3.63, 3.8) is 0 Å². The summed E-state index contributed by atoms with van der Waals surface area (Å²) in [4.78, 5) is 20.9. The van der Waals surface area contributed by atoms with Crippen LogP contribution in [0.25, 0.3) is 11.0 Å². The van der Waals surface area contributed by atoms with Gasteiger partial charge >= 0.3 is 0 Å². The van der Waals surface area contributed by atoms with Crippen molar-refractivity contribution in [1.82, 2.24) is 15.3 Å². The molecule has 3 rings (SSSR count). The first-order valence-corrected chi connectivity index (χ1v) is 7.87. The fourth-order valence-corrected chi connectivity index (χ4v) is 3.01. The van der Waals surface area contributed by atoms with Crippen molar-refractivity contribution in [2.45, 2.75) is 25.8 Å². The van der Waals surface area contributed by atoms with E-state index in [4.69, 9.17) is 0 Å². The summed E-state index contributed by atoms with van der Waals surface area (Å²) in [5.41, 5.74) is 1.96. The molecule has 108 valence electrons. The Labute approximate surface area is 127 Å². The van der Waals surface area contributed by atoms with Crippen molar-refractivity contribution in [2.75, 3.05) is 0 Å². The van der Waals surface area contributed by atoms with Gasteiger partial charge in [0.15, 0.2) is 0 Å². The smallest absolute Gasteiger partial charge is 0.220 e. The Morgan fingerprint density at radius 2 is 2.19 bits per heavy atom. The van der Waals surface area contributed by atoms with Crippen LogP contribution < -0.4 is 5.32 Å². The molecule has 0 saturated heterocycles. The molecule has 2 heterocycles. The number of H-pyrrole nitrogens is 1. The van der Waals surface area contributed by atoms with Crippen LogP contribution in [0.2, 0.25) is 0 Å². The van der Waals surface area contributed by atoms with Crippen LogP contribution in [0.1, 0.15) is 30.1 Å². The van der Waals surface area contributed by atoms with E-state index < -0.39 is 0 Å². The van der Waals surface area contributed by atoms with E-state index in [2.05, 4.69) is 15.3 Å². The van der Waals surface area contributed by atoms with Crippen molar-refractivity contribution >= 4 is 28.3 Å². The second-order valence-corrected chi connectivity index (χ2v) is 5.98. The molecule has 0 bridgehead atoms. The number of imidazole rings is 1. The Balaban J connectivity index is 1.56. The number of carbonyl (C=O) groups is 1. The molecule has 21 heavy (non-hydrogen) atoms. The minimum atomic E-state index is 0.0522. The number of carbonyl (C=O) groups excluding carboxylic acids is 1. The first-order chi connectivity index (χ1) is 10.2. The van der Waals surface area contributed by atoms with E-state index in [1.807, 2.05) is 48.7 Å². The van der Waals surface area contributed by atoms with Crippen molar-refractivity contribution in [3.05, 3.63) is 52.5 Å². The van der Waals surface area contributed by atoms with Gasteiger partial charge in [-0.2, -0.15) is 0 Å². The highest BCUT2D eigenvalue weighted by atomic mass is 32.1. The Morgan fingerprint density at radius 1 is 1.33 bits per heavy atom. The molecule has 1 atom stereocenters. The second kappa shape index (κ2) is 6.10. The quantitative estimate of drug-likeness (QED) is 0.758. The van der Waals surface area contributed by atoms with E-state index in [0.29, 0.717) is 12.8 Å². The molecule has 4 nitrogen and oxygen atoms in total. The van der Waals surface area contributed by atoms with E-state index in [1.54, 1.807) is 11.3 Å². The van der Waals surface area contributed by atoms with E-state index >= 15 is 0 Å². The Hall–Kier alpha value is -2.14. The highest BCUT2D eigenvalue weighted by Gasteiger charge is 2.11. The number of nitrogens with one attached hydrogen (secondary N) is 2. The third kappa shape index (κ3) is 3.31. The van der Waals surface area contributed by atoms with Gasteiger partial charge in [-0.15, -0.1) is 11.3 Å². The van der Waals surface area contributed by atoms with Gasteiger partial charge in [0.25, 0.3) is 0 Å². The van der Waals surface area contributed by atoms with Gasteiger partial charge in [0, 0.05) is 17.7 Å². The van der Waals surface area contributed by atoms with Crippen LogP contribution in [0.3, 0.4) is 0 Å². The van der Waals surface area contributed by atoms with Crippen LogP contribution in [-0.4, -0.2) is 15.9 Å². The minimum Gasteiger partial charge on any atom is -0.349 e. The van der Waals surface area contributed by atoms with Gasteiger partial charge in [0.1, 0.15) is 5.82 Å². The molecule has 0 fully saturated rings. The summed E-state index contributed by atoms with van der Waals surface area (Å²) in [5.74, 6) is 0.909. The molecule has 0 saturated carbocycles. The number of aromatic nitrogens is 2. The first-order valence-electron chi connectivity index (χ1n) is 6.99. The molecule has 1 amide bonds. The van der Waals surface area contributed by atoms with Gasteiger partial charge in [0.05, 0.1) is 17.1 Å². The normalized spacial score (nSPS) is 12.4. The Morgan fingerprint density at radius 3 is 2.95 bits per heavy atom. The Bertz CT molecular complexity index is 700. The summed E-state index contributed by atoms with van der Waals surface area (Å²) >= 11 is 1.66. The molecule has 2 N–H and O–H groups in total. The average molecular weight is 299 g/mol. The van der Waals surface area contributed by atoms with Crippen LogP contribution in [0.15, 0.2) is 41.8 Å². The molecule has 1 aromatic carbocycles. The SMILES string of the molecule is C[C@@H](NC(=O)CCc1nc2ccccc2[nH]1)c1cccs1. The maximum Gasteiger partial charge on any atom is 0.220 e. The predicted molar refractivity (Wildman–Crippen MR) is 85.3 cm³/mol. The molecule has 0 aliphatic heterocycles. The second-order valence-electron chi connectivity index (χ2n) is 5.01. The number of benzene rings is 1. The molecule has 0 unspecified atom stereocenters. The summed E-state index contributed by atoms with van der Waals surface area (Å²) < 4.78 is 0. The number of hydrogen-bond donors (Lipinski definition) is 2. The highest BCUT2D eigenvalue weighted by Crippen LogP contribution is 2.18. The molecule has 5 heteroatoms. The first kappa shape index (κ1) is 13.8. The third-order valence-corrected chi connectivity index (χ3v) is 4.43. The molecule has 0 spiro atoms. The largest absolute Gasteiger partial charge is 0.349 e. The molecule has 2 aromatic heterocycles. The zero-order valence-corrected chi connectivity index (χ0v) is 12.6. The van der Waals surface area contributed by atoms with Crippen LogP contribution in [-0.2, 0) is 11.2 Å². The van der Waals surface area contributed by atoms with Crippen LogP contribution in [0.5, 0.6) is 0 Å². The van der Waals surface area contributed by atoms with E-state index in [-0.39, 0.29) is 11.9 Å². The standard InChI is InChI=1S/C16H17N3OS/c1-11(14-7-4-10-21-14)17-16(20)9-8-15-18-12-5-2-3-6-13(12)19-15/h2-7,10-11H,8-9H2,1H3,(H,17,20)(H,18,19)/t11-/m1/s1. The lowest BCUT2D eigenvalue weighted by Crippen LogP contribution is -2.26. The fraction of sp³-hybridized carbons (Fsp3) is 0.250. The van der Waals surface area contributed by atoms with Crippen molar-refractivity contribution in [3.8, 4) is 0 Å². The number of nitrogens with zero attached hydrogens (tertiary/aromatic N) is 1. The summed E-state index contributed by atoms with van der Waals surface area (Å²) in [7, 11) is 0. The lowest BCUT2D eigenvalue weighted by molar-refractivity contribution is -0.121. The van der Waals surface area contributed by atoms with Gasteiger partial charge in [-0.25, -0.2) is 4.98 Å². The number of hydrogen-bond acceptors (Lipinski definition) is 3. The van der Waals surface area contributed by atoms with E-state index in [0.717, 1.165) is 16.9 Å². The lowest BCUT2D eigenvalue weighted by atomic mass is 10.2. The summed E-state index contributed by atoms with van der Waals surface area (Å²) in [6.45, 7) is 2.00. The number of fused-ring (bicyclic) bond motifs is 1. The van der Waals surface area contributed by atoms with Crippen LogP contribution in [0.4, 0.5) is 0 Å². The van der Waals surface area contributed by atoms with Gasteiger partial charge < -0.3 is 10.3 Å². The topological polar surface area (TPSA) is 57.8 Å². The van der Waals surface area contributed by atoms with Gasteiger partial charge in [-0.05, 0) is 30.5 Å². The van der Waals surface area contributed by atoms with E-state index in [9.17, 15) is 4.79 Å². The molecule has 3 aromatic rings. The number of amides is 1. The van der Waals surface area contributed by atoms with Crippen molar-refractivity contribution in [2.24, 2.45) is 0 Å². The van der Waals surface area contributed by atoms with Crippen molar-refractivity contribution in [1.29, 1.82) is 0 Å². The number of aryl methyl sites for hydroxylation is 1. The summed E-state index contributed by atoms with van der Waals surface area (Å²) in [6.07, 6.45) is 1.06. The van der Waals surface area contributed by atoms with Gasteiger partial charge in [-0.1, -0.05) is 18.2 Å². The molecule has 0 aliphatic carbocycles. The monoisotopic (exact) mass is 299 g/mol. The maximum absolute atomic E-state index is 12.0. The zero-order valence-electron chi connectivity index (χ0n) is 11.8. The van der Waals surface area contributed by atoms with Crippen LogP contribution >= 0.6 is 11.3 Å². The number of aromatic amines is 1. The summed E-state index contributed by atoms with van der Waals surface area (Å²) in [6, 6.07) is 12.0. The third-order valence-electron chi connectivity index (χ3n) is 3.37. The molecular formula is C16H17N3OS. The van der Waals surface area contributed by atoms with E-state index in [1.165, 1.54) is 4.88 Å². The maximum atomic E-state index is 12.0. The molecule has 0 aliphatic rings. The highest BCUT2D eigenvalue weighted by molar-refractivity contribution is 7.10. The van der Waals surface area contributed by atoms with Crippen molar-refractivity contribution < 1.29 is 4.79 Å². The minimum absolute atomic E-state index is 0.0522. The van der Waals surface area contributed by atoms with Crippen LogP contribution in [0, 0.1) is 0 Å². The lowest BCUT2D eigenvalue weighted by Gasteiger charge is -2.11. The molecule has 0 radical (unpaired) electrons. The zero-order chi connectivity index (χ0) is 14.7. The van der Waals surface area contributed by atoms with Gasteiger partial charge in [0.2, 0.25) is 5.91 Å². The number of para-hydroxylation sites is 2. The molecular weight excluding hydrogens is 282 g/mol. The predicted octanol–water partition coefficient (Wildman–Crippen LogP) is 3.43. The van der Waals surface area contributed by atoms with Gasteiger partial charge in [-0.3, -0.25) is 4.79 Å². The summed E-state index contributed by atoms with van der Waals surface area (Å²) in [5, 5.41) is 5.04.